The van der Waals surface area contributed by atoms with Gasteiger partial charge in [-0.3, -0.25) is 15.4 Å². The quantitative estimate of drug-likeness (QED) is 0.637. The molecule has 2 heterocycles. The summed E-state index contributed by atoms with van der Waals surface area (Å²) in [6, 6.07) is 12.3. The van der Waals surface area contributed by atoms with Gasteiger partial charge in [-0.05, 0) is 30.7 Å². The number of nitro benzene ring substituents is 1. The number of ether oxygens (including phenoxy) is 2. The number of nitro groups is 1. The molecule has 2 aliphatic rings. The van der Waals surface area contributed by atoms with E-state index in [9.17, 15) is 10.1 Å². The average Bonchev–Trinajstić information content (AvgIpc) is 3.10. The molecule has 0 N–H and O–H groups in total. The molecule has 1 radical (unpaired) electrons. The smallest absolute Gasteiger partial charge is 0.274 e. The Hall–Kier alpha value is -2.60. The highest BCUT2D eigenvalue weighted by Crippen LogP contribution is 2.51. The number of hydrogen-bond acceptors (Lipinski definition) is 4. The van der Waals surface area contributed by atoms with Gasteiger partial charge in [-0.1, -0.05) is 12.1 Å². The van der Waals surface area contributed by atoms with Crippen LogP contribution in [0.2, 0.25) is 0 Å². The van der Waals surface area contributed by atoms with E-state index >= 15 is 0 Å². The Balaban J connectivity index is 1.80. The van der Waals surface area contributed by atoms with Crippen molar-refractivity contribution >= 4 is 11.4 Å². The van der Waals surface area contributed by atoms with E-state index in [1.165, 1.54) is 0 Å². The van der Waals surface area contributed by atoms with Crippen LogP contribution in [-0.2, 0) is 4.74 Å². The average molecular weight is 325 g/mol. The second-order valence-electron chi connectivity index (χ2n) is 6.06. The number of fused-ring (bicyclic) bond motifs is 3. The highest BCUT2D eigenvalue weighted by atomic mass is 16.6. The Morgan fingerprint density at radius 1 is 1.25 bits per heavy atom. The number of nitrogens with zero attached hydrogens (tertiary/aromatic N) is 2. The molecule has 2 aromatic rings. The summed E-state index contributed by atoms with van der Waals surface area (Å²) in [6.07, 6.45) is 0.735. The normalized spacial score (nSPS) is 24.6. The predicted octanol–water partition coefficient (Wildman–Crippen LogP) is 3.67. The molecular formula is C18H17N2O4. The van der Waals surface area contributed by atoms with Crippen molar-refractivity contribution in [2.45, 2.75) is 18.6 Å². The van der Waals surface area contributed by atoms with Crippen LogP contribution in [0.1, 0.15) is 29.7 Å². The standard InChI is InChI=1S/C18H17N2O4/c1-23-11-6-7-15-14(10-11)18-13(8-9-24-18)17(19-15)12-4-2-3-5-16(12)20(21)22/h2-7,10,13,17-18H,8-9H2,1H3. The zero-order chi connectivity index (χ0) is 16.7. The summed E-state index contributed by atoms with van der Waals surface area (Å²) >= 11 is 0. The second kappa shape index (κ2) is 5.79. The summed E-state index contributed by atoms with van der Waals surface area (Å²) in [5.74, 6) is 0.869. The Morgan fingerprint density at radius 3 is 2.88 bits per heavy atom. The Kier molecular flexibility index (Phi) is 3.61. The van der Waals surface area contributed by atoms with E-state index in [-0.39, 0.29) is 28.7 Å². The van der Waals surface area contributed by atoms with Gasteiger partial charge >= 0.3 is 0 Å². The lowest BCUT2D eigenvalue weighted by Gasteiger charge is -2.34. The van der Waals surface area contributed by atoms with Crippen molar-refractivity contribution in [1.29, 1.82) is 0 Å². The maximum Gasteiger partial charge on any atom is 0.274 e. The van der Waals surface area contributed by atoms with Gasteiger partial charge in [0.05, 0.1) is 35.4 Å². The van der Waals surface area contributed by atoms with Crippen molar-refractivity contribution in [1.82, 2.24) is 5.32 Å². The molecule has 4 rings (SSSR count). The molecule has 0 aromatic heterocycles. The summed E-state index contributed by atoms with van der Waals surface area (Å²) < 4.78 is 11.3. The fraction of sp³-hybridized carbons (Fsp3) is 0.333. The third-order valence-electron chi connectivity index (χ3n) is 4.81. The first kappa shape index (κ1) is 15.0. The minimum atomic E-state index is -0.334. The van der Waals surface area contributed by atoms with Crippen molar-refractivity contribution in [3.05, 3.63) is 63.7 Å². The van der Waals surface area contributed by atoms with Gasteiger partial charge in [0.15, 0.2) is 0 Å². The summed E-state index contributed by atoms with van der Waals surface area (Å²) in [6.45, 7) is 0.638. The Morgan fingerprint density at radius 2 is 2.08 bits per heavy atom. The molecule has 0 aliphatic carbocycles. The van der Waals surface area contributed by atoms with Gasteiger partial charge in [-0.15, -0.1) is 0 Å². The van der Waals surface area contributed by atoms with Crippen molar-refractivity contribution in [3.63, 3.8) is 0 Å². The van der Waals surface area contributed by atoms with Gasteiger partial charge in [0.25, 0.3) is 5.69 Å². The van der Waals surface area contributed by atoms with Crippen LogP contribution in [-0.4, -0.2) is 18.6 Å². The molecule has 3 atom stereocenters. The van der Waals surface area contributed by atoms with Crippen LogP contribution in [0.4, 0.5) is 11.4 Å². The molecule has 2 aromatic carbocycles. The van der Waals surface area contributed by atoms with E-state index in [2.05, 4.69) is 0 Å². The molecule has 3 unspecified atom stereocenters. The lowest BCUT2D eigenvalue weighted by Crippen LogP contribution is -2.29. The number of hydrogen-bond donors (Lipinski definition) is 0. The fourth-order valence-corrected chi connectivity index (χ4v) is 3.70. The minimum absolute atomic E-state index is 0.0996. The monoisotopic (exact) mass is 325 g/mol. The molecule has 1 saturated heterocycles. The second-order valence-corrected chi connectivity index (χ2v) is 6.06. The van der Waals surface area contributed by atoms with Crippen molar-refractivity contribution in [3.8, 4) is 5.75 Å². The molecular weight excluding hydrogens is 308 g/mol. The highest BCUT2D eigenvalue weighted by molar-refractivity contribution is 5.55. The van der Waals surface area contributed by atoms with Crippen LogP contribution in [0, 0.1) is 16.0 Å². The van der Waals surface area contributed by atoms with Crippen molar-refractivity contribution < 1.29 is 14.4 Å². The van der Waals surface area contributed by atoms with Crippen molar-refractivity contribution in [2.75, 3.05) is 13.7 Å². The first-order valence-corrected chi connectivity index (χ1v) is 7.92. The molecule has 6 nitrogen and oxygen atoms in total. The fourth-order valence-electron chi connectivity index (χ4n) is 3.70. The summed E-state index contributed by atoms with van der Waals surface area (Å²) in [5, 5.41) is 16.2. The van der Waals surface area contributed by atoms with Crippen LogP contribution >= 0.6 is 0 Å². The number of para-hydroxylation sites is 1. The molecule has 0 bridgehead atoms. The molecule has 0 amide bonds. The number of methoxy groups -OCH3 is 1. The van der Waals surface area contributed by atoms with E-state index in [0.29, 0.717) is 12.2 Å². The van der Waals surface area contributed by atoms with E-state index in [0.717, 1.165) is 23.4 Å². The summed E-state index contributed by atoms with van der Waals surface area (Å²) in [4.78, 5) is 11.1. The first-order valence-electron chi connectivity index (χ1n) is 7.92. The largest absolute Gasteiger partial charge is 0.497 e. The van der Waals surface area contributed by atoms with Crippen LogP contribution in [0.15, 0.2) is 42.5 Å². The van der Waals surface area contributed by atoms with Crippen molar-refractivity contribution in [2.24, 2.45) is 5.92 Å². The van der Waals surface area contributed by atoms with Gasteiger partial charge in [0.2, 0.25) is 0 Å². The van der Waals surface area contributed by atoms with Crippen LogP contribution in [0.3, 0.4) is 0 Å². The van der Waals surface area contributed by atoms with Gasteiger partial charge < -0.3 is 9.47 Å². The predicted molar refractivity (Wildman–Crippen MR) is 87.4 cm³/mol. The van der Waals surface area contributed by atoms with Gasteiger partial charge in [0.1, 0.15) is 5.75 Å². The molecule has 0 saturated carbocycles. The summed E-state index contributed by atoms with van der Waals surface area (Å²) in [5.41, 5.74) is 2.60. The molecule has 24 heavy (non-hydrogen) atoms. The van der Waals surface area contributed by atoms with Crippen LogP contribution in [0.5, 0.6) is 5.75 Å². The molecule has 0 spiro atoms. The van der Waals surface area contributed by atoms with Gasteiger partial charge in [-0.2, -0.15) is 0 Å². The lowest BCUT2D eigenvalue weighted by molar-refractivity contribution is -0.385. The SMILES string of the molecule is COc1ccc2c(c1)C1OCCC1C(c1ccccc1[N+](=O)[O-])[N]2. The topological polar surface area (TPSA) is 75.7 Å². The van der Waals surface area contributed by atoms with Crippen LogP contribution < -0.4 is 10.1 Å². The molecule has 2 aliphatic heterocycles. The Bertz CT molecular complexity index is 792. The zero-order valence-corrected chi connectivity index (χ0v) is 13.2. The molecule has 1 fully saturated rings. The third-order valence-corrected chi connectivity index (χ3v) is 4.81. The first-order chi connectivity index (χ1) is 11.7. The maximum atomic E-state index is 11.4. The zero-order valence-electron chi connectivity index (χ0n) is 13.2. The lowest BCUT2D eigenvalue weighted by atomic mass is 9.80. The summed E-state index contributed by atoms with van der Waals surface area (Å²) in [7, 11) is 1.63. The number of rotatable bonds is 3. The highest BCUT2D eigenvalue weighted by Gasteiger charge is 2.44. The minimum Gasteiger partial charge on any atom is -0.497 e. The Labute approximate surface area is 139 Å². The maximum absolute atomic E-state index is 11.4. The van der Waals surface area contributed by atoms with Gasteiger partial charge in [-0.25, -0.2) is 0 Å². The third kappa shape index (κ3) is 2.30. The van der Waals surface area contributed by atoms with E-state index in [1.807, 2.05) is 24.3 Å². The number of benzene rings is 2. The van der Waals surface area contributed by atoms with E-state index in [4.69, 9.17) is 14.8 Å². The van der Waals surface area contributed by atoms with Gasteiger partial charge in [0, 0.05) is 24.2 Å². The van der Waals surface area contributed by atoms with E-state index < -0.39 is 0 Å². The van der Waals surface area contributed by atoms with E-state index in [1.54, 1.807) is 25.3 Å². The molecule has 6 heteroatoms. The van der Waals surface area contributed by atoms with Crippen LogP contribution in [0.25, 0.3) is 0 Å². The molecule has 123 valence electrons.